The molecule has 1 saturated carbocycles. The predicted octanol–water partition coefficient (Wildman–Crippen LogP) is 14.8. The minimum Gasteiger partial charge on any atom is -0.327 e. The summed E-state index contributed by atoms with van der Waals surface area (Å²) in [5.41, 5.74) is 11.0. The summed E-state index contributed by atoms with van der Waals surface area (Å²) in [6, 6.07) is 10.9. The van der Waals surface area contributed by atoms with E-state index in [1.165, 1.54) is 132 Å². The smallest absolute Gasteiger partial charge is 0.0134 e. The molecule has 1 aliphatic carbocycles. The molecule has 0 saturated heterocycles. The van der Waals surface area contributed by atoms with E-state index < -0.39 is 0 Å². The zero-order valence-electron chi connectivity index (χ0n) is 32.6. The fourth-order valence-electron chi connectivity index (χ4n) is 7.08. The van der Waals surface area contributed by atoms with Gasteiger partial charge in [0.2, 0.25) is 0 Å². The summed E-state index contributed by atoms with van der Waals surface area (Å²) in [6.45, 7) is 25.9. The lowest BCUT2D eigenvalue weighted by molar-refractivity contribution is 0.353. The topological polar surface area (TPSA) is 26.0 Å². The largest absolute Gasteiger partial charge is 0.327 e. The summed E-state index contributed by atoms with van der Waals surface area (Å²) in [7, 11) is 0. The van der Waals surface area contributed by atoms with Crippen molar-refractivity contribution in [3.05, 3.63) is 84.5 Å². The van der Waals surface area contributed by atoms with Gasteiger partial charge in [-0.3, -0.25) is 0 Å². The third-order valence-electron chi connectivity index (χ3n) is 9.87. The first-order valence-electron chi connectivity index (χ1n) is 20.1. The number of hydrogen-bond donors (Lipinski definition) is 1. The molecule has 1 fully saturated rings. The summed E-state index contributed by atoms with van der Waals surface area (Å²) in [5, 5.41) is 0. The molecule has 3 unspecified atom stereocenters. The molecule has 47 heavy (non-hydrogen) atoms. The number of allylic oxidation sites excluding steroid dienone is 4. The molecule has 270 valence electrons. The van der Waals surface area contributed by atoms with Crippen LogP contribution in [0.2, 0.25) is 0 Å². The zero-order chi connectivity index (χ0) is 35.1. The molecule has 0 heterocycles. The molecule has 0 amide bonds. The van der Waals surface area contributed by atoms with E-state index in [-0.39, 0.29) is 0 Å². The molecule has 0 radical (unpaired) electrons. The van der Waals surface area contributed by atoms with Gasteiger partial charge in [0, 0.05) is 6.54 Å². The number of nitrogens with two attached hydrogens (primary N) is 1. The highest BCUT2D eigenvalue weighted by atomic mass is 14.5. The highest BCUT2D eigenvalue weighted by molar-refractivity contribution is 5.14. The lowest BCUT2D eigenvalue weighted by Crippen LogP contribution is -2.07. The van der Waals surface area contributed by atoms with Gasteiger partial charge in [-0.25, -0.2) is 0 Å². The first kappa shape index (κ1) is 45.1. The van der Waals surface area contributed by atoms with Crippen LogP contribution in [0.15, 0.2) is 78.9 Å². The van der Waals surface area contributed by atoms with Crippen LogP contribution in [0.3, 0.4) is 0 Å². The lowest BCUT2D eigenvalue weighted by Gasteiger charge is -2.18. The molecule has 2 rings (SSSR count). The van der Waals surface area contributed by atoms with Crippen molar-refractivity contribution in [2.45, 2.75) is 176 Å². The van der Waals surface area contributed by atoms with E-state index in [0.717, 1.165) is 42.6 Å². The molecule has 1 heteroatoms. The van der Waals surface area contributed by atoms with E-state index in [2.05, 4.69) is 89.9 Å². The maximum atomic E-state index is 5.66. The highest BCUT2D eigenvalue weighted by Gasteiger charge is 2.25. The molecule has 0 aliphatic heterocycles. The van der Waals surface area contributed by atoms with Crippen LogP contribution < -0.4 is 5.73 Å². The molecule has 0 bridgehead atoms. The van der Waals surface area contributed by atoms with Gasteiger partial charge in [-0.2, -0.15) is 0 Å². The normalized spacial score (nSPS) is 16.9. The van der Waals surface area contributed by atoms with Gasteiger partial charge in [0.1, 0.15) is 0 Å². The summed E-state index contributed by atoms with van der Waals surface area (Å²) in [5.74, 6) is 3.46. The van der Waals surface area contributed by atoms with E-state index in [1.807, 2.05) is 13.8 Å². The SMILES string of the molecule is C=C(C)CCCCC(C)CCCC.C=C(CN)CC(C)CC(=C)CCC/C=C\C[C@H]1CCCC1CCCCCc1ccccc1.CC. The maximum Gasteiger partial charge on any atom is 0.0134 e. The van der Waals surface area contributed by atoms with Gasteiger partial charge in [-0.05, 0) is 107 Å². The lowest BCUT2D eigenvalue weighted by atomic mass is 9.88. The second kappa shape index (κ2) is 31.4. The van der Waals surface area contributed by atoms with Crippen LogP contribution >= 0.6 is 0 Å². The van der Waals surface area contributed by atoms with Gasteiger partial charge in [-0.1, -0.05) is 171 Å². The number of unbranched alkanes of at least 4 members (excludes halogenated alkanes) is 5. The van der Waals surface area contributed by atoms with Gasteiger partial charge in [0.15, 0.2) is 0 Å². The Labute approximate surface area is 296 Å². The van der Waals surface area contributed by atoms with E-state index in [1.54, 1.807) is 0 Å². The minimum absolute atomic E-state index is 0.609. The van der Waals surface area contributed by atoms with Crippen molar-refractivity contribution < 1.29 is 0 Å². The standard InChI is InChI=1S/C31H49N.C13H26.C2H6/c1-26(23-27(2)24-28(3)25-32)15-8-4-5-12-19-30-21-14-22-31(30)20-13-7-11-18-29-16-9-6-10-17-29;1-5-6-10-13(4)11-8-7-9-12(2)3;1-2/h5-6,9-10,12,16-17,27,30-31H,1,3-4,7-8,11,13-15,18-25,32H2,2H3;13H,2,5-11H2,1,3-4H3;1-2H3/b12-5-;;/t27?,30-,31?;;/m0../s1. The van der Waals surface area contributed by atoms with E-state index in [4.69, 9.17) is 5.73 Å². The Morgan fingerprint density at radius 1 is 0.787 bits per heavy atom. The van der Waals surface area contributed by atoms with Gasteiger partial charge < -0.3 is 5.73 Å². The molecular formula is C46H81N. The third-order valence-corrected chi connectivity index (χ3v) is 9.87. The van der Waals surface area contributed by atoms with E-state index in [0.29, 0.717) is 12.5 Å². The van der Waals surface area contributed by atoms with Crippen LogP contribution in [-0.4, -0.2) is 6.54 Å². The fraction of sp³-hybridized carbons (Fsp3) is 0.696. The number of benzene rings is 1. The van der Waals surface area contributed by atoms with Gasteiger partial charge in [0.05, 0.1) is 0 Å². The Morgan fingerprint density at radius 2 is 1.47 bits per heavy atom. The Bertz CT molecular complexity index is 908. The van der Waals surface area contributed by atoms with Crippen molar-refractivity contribution in [3.8, 4) is 0 Å². The molecule has 1 aromatic rings. The first-order chi connectivity index (χ1) is 22.7. The van der Waals surface area contributed by atoms with Crippen LogP contribution in [0.1, 0.15) is 176 Å². The van der Waals surface area contributed by atoms with Gasteiger partial charge in [0.25, 0.3) is 0 Å². The van der Waals surface area contributed by atoms with Crippen molar-refractivity contribution in [2.24, 2.45) is 29.4 Å². The molecule has 0 spiro atoms. The Morgan fingerprint density at radius 3 is 2.15 bits per heavy atom. The molecule has 1 aromatic carbocycles. The van der Waals surface area contributed by atoms with Crippen LogP contribution in [-0.2, 0) is 6.42 Å². The predicted molar refractivity (Wildman–Crippen MR) is 216 cm³/mol. The quantitative estimate of drug-likeness (QED) is 0.0829. The molecule has 2 N–H and O–H groups in total. The monoisotopic (exact) mass is 648 g/mol. The second-order valence-electron chi connectivity index (χ2n) is 14.8. The Hall–Kier alpha value is -1.86. The van der Waals surface area contributed by atoms with Gasteiger partial charge >= 0.3 is 0 Å². The molecular weight excluding hydrogens is 567 g/mol. The summed E-state index contributed by atoms with van der Waals surface area (Å²) in [6.07, 6.45) is 32.6. The van der Waals surface area contributed by atoms with Crippen molar-refractivity contribution in [1.29, 1.82) is 0 Å². The average molecular weight is 648 g/mol. The Balaban J connectivity index is 0.00000118. The fourth-order valence-corrected chi connectivity index (χ4v) is 7.08. The average Bonchev–Trinajstić information content (AvgIpc) is 3.52. The second-order valence-corrected chi connectivity index (χ2v) is 14.8. The van der Waals surface area contributed by atoms with Crippen molar-refractivity contribution in [1.82, 2.24) is 0 Å². The number of rotatable bonds is 25. The van der Waals surface area contributed by atoms with Crippen LogP contribution in [0.25, 0.3) is 0 Å². The van der Waals surface area contributed by atoms with Crippen molar-refractivity contribution in [2.75, 3.05) is 6.54 Å². The molecule has 0 aromatic heterocycles. The molecule has 4 atom stereocenters. The van der Waals surface area contributed by atoms with Gasteiger partial charge in [-0.15, -0.1) is 6.58 Å². The molecule has 1 nitrogen and oxygen atoms in total. The highest BCUT2D eigenvalue weighted by Crippen LogP contribution is 2.37. The van der Waals surface area contributed by atoms with Crippen molar-refractivity contribution in [3.63, 3.8) is 0 Å². The van der Waals surface area contributed by atoms with Crippen molar-refractivity contribution >= 4 is 0 Å². The Kier molecular flexibility index (Phi) is 30.2. The van der Waals surface area contributed by atoms with Crippen LogP contribution in [0.4, 0.5) is 0 Å². The maximum absolute atomic E-state index is 5.66. The number of hydrogen-bond acceptors (Lipinski definition) is 1. The summed E-state index contributed by atoms with van der Waals surface area (Å²) < 4.78 is 0. The first-order valence-corrected chi connectivity index (χ1v) is 20.1. The van der Waals surface area contributed by atoms with Crippen LogP contribution in [0, 0.1) is 23.7 Å². The molecule has 1 aliphatic rings. The summed E-state index contributed by atoms with van der Waals surface area (Å²) >= 11 is 0. The van der Waals surface area contributed by atoms with E-state index >= 15 is 0 Å². The van der Waals surface area contributed by atoms with Crippen LogP contribution in [0.5, 0.6) is 0 Å². The van der Waals surface area contributed by atoms with E-state index in [9.17, 15) is 0 Å². The third kappa shape index (κ3) is 26.7. The number of aryl methyl sites for hydroxylation is 1. The zero-order valence-corrected chi connectivity index (χ0v) is 32.6. The summed E-state index contributed by atoms with van der Waals surface area (Å²) in [4.78, 5) is 0. The minimum atomic E-state index is 0.609.